The third-order valence-electron chi connectivity index (χ3n) is 3.83. The van der Waals surface area contributed by atoms with E-state index in [2.05, 4.69) is 0 Å². The largest absolute Gasteiger partial charge is 0.497 e. The lowest BCUT2D eigenvalue weighted by Crippen LogP contribution is -2.38. The summed E-state index contributed by atoms with van der Waals surface area (Å²) in [5.41, 5.74) is 0.920. The Bertz CT molecular complexity index is 551. The molecule has 7 heteroatoms. The molecule has 2 rings (SSSR count). The number of aliphatic carboxylic acids is 1. The lowest BCUT2D eigenvalue weighted by molar-refractivity contribution is -0.144. The Morgan fingerprint density at radius 1 is 1.43 bits per heavy atom. The van der Waals surface area contributed by atoms with Crippen LogP contribution < -0.4 is 4.74 Å². The summed E-state index contributed by atoms with van der Waals surface area (Å²) in [7, 11) is 1.60. The quantitative estimate of drug-likeness (QED) is 0.854. The van der Waals surface area contributed by atoms with Crippen molar-refractivity contribution in [1.82, 2.24) is 4.90 Å². The van der Waals surface area contributed by atoms with Crippen molar-refractivity contribution >= 4 is 24.3 Å². The average Bonchev–Trinajstić information content (AvgIpc) is 3.02. The molecule has 1 heterocycles. The third kappa shape index (κ3) is 5.11. The lowest BCUT2D eigenvalue weighted by atomic mass is 10.1. The van der Waals surface area contributed by atoms with Gasteiger partial charge in [-0.05, 0) is 31.0 Å². The summed E-state index contributed by atoms with van der Waals surface area (Å²) in [6.07, 6.45) is -0.0947. The van der Waals surface area contributed by atoms with Gasteiger partial charge in [-0.1, -0.05) is 12.1 Å². The molecule has 1 amide bonds. The van der Waals surface area contributed by atoms with Crippen LogP contribution in [0.25, 0.3) is 0 Å². The second-order valence-corrected chi connectivity index (χ2v) is 5.41. The number of carboxylic acids is 1. The van der Waals surface area contributed by atoms with Gasteiger partial charge >= 0.3 is 5.97 Å². The molecule has 1 saturated heterocycles. The molecule has 1 fully saturated rings. The number of nitrogens with zero attached hydrogens (tertiary/aromatic N) is 1. The first-order valence-corrected chi connectivity index (χ1v) is 7.27. The highest BCUT2D eigenvalue weighted by Gasteiger charge is 2.32. The van der Waals surface area contributed by atoms with Crippen molar-refractivity contribution < 1.29 is 24.2 Å². The Hall–Kier alpha value is -1.79. The van der Waals surface area contributed by atoms with Gasteiger partial charge in [-0.3, -0.25) is 9.59 Å². The van der Waals surface area contributed by atoms with E-state index in [1.807, 2.05) is 24.3 Å². The van der Waals surface area contributed by atoms with Gasteiger partial charge in [0.05, 0.1) is 19.6 Å². The van der Waals surface area contributed by atoms with E-state index in [0.717, 1.165) is 11.3 Å². The normalized spacial score (nSPS) is 18.2. The second-order valence-electron chi connectivity index (χ2n) is 5.41. The van der Waals surface area contributed by atoms with Gasteiger partial charge in [-0.15, -0.1) is 12.4 Å². The number of likely N-dealkylation sites (tertiary alicyclic amines) is 1. The van der Waals surface area contributed by atoms with Crippen molar-refractivity contribution in [1.29, 1.82) is 0 Å². The van der Waals surface area contributed by atoms with Crippen molar-refractivity contribution in [2.75, 3.05) is 20.2 Å². The Balaban J connectivity index is 0.00000264. The van der Waals surface area contributed by atoms with Crippen LogP contribution in [0, 0.1) is 5.92 Å². The molecular formula is C16H22ClNO5. The Labute approximate surface area is 141 Å². The van der Waals surface area contributed by atoms with Gasteiger partial charge in [0.25, 0.3) is 5.91 Å². The monoisotopic (exact) mass is 343 g/mol. The molecule has 1 aromatic carbocycles. The summed E-state index contributed by atoms with van der Waals surface area (Å²) >= 11 is 0. The summed E-state index contributed by atoms with van der Waals surface area (Å²) in [6.45, 7) is 2.74. The van der Waals surface area contributed by atoms with E-state index in [0.29, 0.717) is 19.6 Å². The van der Waals surface area contributed by atoms with Crippen molar-refractivity contribution in [3.63, 3.8) is 0 Å². The fourth-order valence-electron chi connectivity index (χ4n) is 2.47. The zero-order valence-corrected chi connectivity index (χ0v) is 14.0. The first kappa shape index (κ1) is 19.3. The maximum absolute atomic E-state index is 12.2. The maximum atomic E-state index is 12.2. The smallest absolute Gasteiger partial charge is 0.308 e. The number of carbonyl (C=O) groups excluding carboxylic acids is 1. The Kier molecular flexibility index (Phi) is 7.32. The number of benzene rings is 1. The zero-order valence-electron chi connectivity index (χ0n) is 13.2. The molecule has 6 nitrogen and oxygen atoms in total. The third-order valence-corrected chi connectivity index (χ3v) is 3.83. The number of carboxylic acid groups (broad SMARTS) is 1. The fourth-order valence-corrected chi connectivity index (χ4v) is 2.47. The predicted molar refractivity (Wildman–Crippen MR) is 86.8 cm³/mol. The van der Waals surface area contributed by atoms with Gasteiger partial charge in [0.2, 0.25) is 0 Å². The number of rotatable bonds is 6. The molecule has 128 valence electrons. The number of methoxy groups -OCH3 is 1. The molecular weight excluding hydrogens is 322 g/mol. The van der Waals surface area contributed by atoms with Crippen molar-refractivity contribution in [3.8, 4) is 5.75 Å². The average molecular weight is 344 g/mol. The lowest BCUT2D eigenvalue weighted by Gasteiger charge is -2.21. The number of carbonyl (C=O) groups is 2. The molecule has 1 aliphatic heterocycles. The molecule has 0 radical (unpaired) electrons. The van der Waals surface area contributed by atoms with Crippen LogP contribution in [-0.2, 0) is 20.9 Å². The van der Waals surface area contributed by atoms with Crippen molar-refractivity contribution in [3.05, 3.63) is 29.8 Å². The van der Waals surface area contributed by atoms with Gasteiger partial charge in [0.15, 0.2) is 0 Å². The maximum Gasteiger partial charge on any atom is 0.308 e. The highest BCUT2D eigenvalue weighted by Crippen LogP contribution is 2.19. The highest BCUT2D eigenvalue weighted by molar-refractivity contribution is 5.85. The van der Waals surface area contributed by atoms with Crippen LogP contribution in [-0.4, -0.2) is 48.2 Å². The zero-order chi connectivity index (χ0) is 16.1. The number of halogens is 1. The van der Waals surface area contributed by atoms with E-state index < -0.39 is 18.0 Å². The number of amides is 1. The van der Waals surface area contributed by atoms with Gasteiger partial charge in [0, 0.05) is 13.1 Å². The molecule has 1 aromatic rings. The molecule has 1 N–H and O–H groups in total. The van der Waals surface area contributed by atoms with Crippen LogP contribution >= 0.6 is 12.4 Å². The molecule has 1 aliphatic rings. The molecule has 2 unspecified atom stereocenters. The van der Waals surface area contributed by atoms with Gasteiger partial charge < -0.3 is 19.5 Å². The van der Waals surface area contributed by atoms with E-state index in [1.54, 1.807) is 18.9 Å². The van der Waals surface area contributed by atoms with Gasteiger partial charge in [0.1, 0.15) is 11.9 Å². The Morgan fingerprint density at radius 3 is 2.78 bits per heavy atom. The number of hydrogen-bond acceptors (Lipinski definition) is 4. The minimum Gasteiger partial charge on any atom is -0.497 e. The first-order chi connectivity index (χ1) is 10.5. The Morgan fingerprint density at radius 2 is 2.17 bits per heavy atom. The molecule has 23 heavy (non-hydrogen) atoms. The summed E-state index contributed by atoms with van der Waals surface area (Å²) in [6, 6.07) is 7.46. The fraction of sp³-hybridized carbons (Fsp3) is 0.500. The molecule has 0 spiro atoms. The molecule has 0 saturated carbocycles. The molecule has 0 bridgehead atoms. The van der Waals surface area contributed by atoms with Gasteiger partial charge in [-0.25, -0.2) is 0 Å². The van der Waals surface area contributed by atoms with Crippen molar-refractivity contribution in [2.45, 2.75) is 26.1 Å². The topological polar surface area (TPSA) is 76.1 Å². The minimum absolute atomic E-state index is 0. The first-order valence-electron chi connectivity index (χ1n) is 7.27. The highest BCUT2D eigenvalue weighted by atomic mass is 35.5. The summed E-state index contributed by atoms with van der Waals surface area (Å²) in [4.78, 5) is 24.7. The number of ether oxygens (including phenoxy) is 2. The van der Waals surface area contributed by atoms with E-state index in [4.69, 9.17) is 14.6 Å². The van der Waals surface area contributed by atoms with Crippen LogP contribution in [0.1, 0.15) is 18.9 Å². The van der Waals surface area contributed by atoms with Crippen LogP contribution in [0.4, 0.5) is 0 Å². The minimum atomic E-state index is -0.847. The summed E-state index contributed by atoms with van der Waals surface area (Å²) < 4.78 is 10.7. The predicted octanol–water partition coefficient (Wildman–Crippen LogP) is 1.96. The van der Waals surface area contributed by atoms with E-state index in [9.17, 15) is 9.59 Å². The number of hydrogen-bond donors (Lipinski definition) is 1. The van der Waals surface area contributed by atoms with Crippen LogP contribution in [0.15, 0.2) is 24.3 Å². The van der Waals surface area contributed by atoms with Crippen molar-refractivity contribution in [2.24, 2.45) is 5.92 Å². The second kappa shape index (κ2) is 8.74. The summed E-state index contributed by atoms with van der Waals surface area (Å²) in [5, 5.41) is 8.97. The summed E-state index contributed by atoms with van der Waals surface area (Å²) in [5.74, 6) is -0.731. The van der Waals surface area contributed by atoms with Gasteiger partial charge in [-0.2, -0.15) is 0 Å². The van der Waals surface area contributed by atoms with Crippen LogP contribution in [0.3, 0.4) is 0 Å². The van der Waals surface area contributed by atoms with E-state index in [1.165, 1.54) is 0 Å². The standard InChI is InChI=1S/C16H21NO5.ClH/c1-11(15(18)17-7-6-13(9-17)16(19)20)22-10-12-4-3-5-14(8-12)21-2;/h3-5,8,11,13H,6-7,9-10H2,1-2H3,(H,19,20);1H. The molecule has 0 aliphatic carbocycles. The molecule has 0 aromatic heterocycles. The molecule has 2 atom stereocenters. The van der Waals surface area contributed by atoms with Crippen LogP contribution in [0.5, 0.6) is 5.75 Å². The van der Waals surface area contributed by atoms with E-state index in [-0.39, 0.29) is 24.9 Å². The van der Waals surface area contributed by atoms with Crippen LogP contribution in [0.2, 0.25) is 0 Å². The SMILES string of the molecule is COc1cccc(COC(C)C(=O)N2CCC(C(=O)O)C2)c1.Cl. The van der Waals surface area contributed by atoms with E-state index >= 15 is 0 Å².